The Bertz CT molecular complexity index is 807. The molecule has 1 fully saturated rings. The second-order valence-corrected chi connectivity index (χ2v) is 5.72. The zero-order valence-electron chi connectivity index (χ0n) is 13.6. The molecule has 2 heterocycles. The van der Waals surface area contributed by atoms with Gasteiger partial charge in [0.05, 0.1) is 13.2 Å². The second-order valence-electron chi connectivity index (χ2n) is 5.72. The van der Waals surface area contributed by atoms with Gasteiger partial charge in [-0.25, -0.2) is 4.79 Å². The van der Waals surface area contributed by atoms with E-state index in [-0.39, 0.29) is 31.3 Å². The summed E-state index contributed by atoms with van der Waals surface area (Å²) in [5, 5.41) is 9.23. The zero-order valence-corrected chi connectivity index (χ0v) is 13.6. The lowest BCUT2D eigenvalue weighted by molar-refractivity contribution is -0.147. The van der Waals surface area contributed by atoms with E-state index in [4.69, 9.17) is 9.15 Å². The van der Waals surface area contributed by atoms with Crippen LogP contribution in [0, 0.1) is 0 Å². The van der Waals surface area contributed by atoms with Crippen molar-refractivity contribution in [2.24, 2.45) is 0 Å². The molecule has 25 heavy (non-hydrogen) atoms. The quantitative estimate of drug-likeness (QED) is 0.854. The molecule has 2 aromatic rings. The third-order valence-corrected chi connectivity index (χ3v) is 4.07. The molecule has 1 aliphatic rings. The highest BCUT2D eigenvalue weighted by Gasteiger charge is 2.34. The summed E-state index contributed by atoms with van der Waals surface area (Å²) < 4.78 is 10.7. The van der Waals surface area contributed by atoms with Crippen molar-refractivity contribution in [1.82, 2.24) is 4.90 Å². The van der Waals surface area contributed by atoms with Crippen molar-refractivity contribution in [2.75, 3.05) is 19.8 Å². The van der Waals surface area contributed by atoms with Gasteiger partial charge in [0.25, 0.3) is 5.91 Å². The molecule has 7 nitrogen and oxygen atoms in total. The highest BCUT2D eigenvalue weighted by Crippen LogP contribution is 2.24. The van der Waals surface area contributed by atoms with E-state index >= 15 is 0 Å². The molecule has 0 spiro atoms. The molecular formula is C18H17NO6. The number of hydrogen-bond acceptors (Lipinski definition) is 5. The molecule has 1 amide bonds. The van der Waals surface area contributed by atoms with Gasteiger partial charge in [-0.3, -0.25) is 9.59 Å². The van der Waals surface area contributed by atoms with E-state index < -0.39 is 17.9 Å². The number of carbonyl (C=O) groups is 3. The van der Waals surface area contributed by atoms with E-state index in [2.05, 4.69) is 0 Å². The Kier molecular flexibility index (Phi) is 4.67. The summed E-state index contributed by atoms with van der Waals surface area (Å²) in [5.74, 6) is -1.09. The van der Waals surface area contributed by atoms with Crippen LogP contribution in [0.3, 0.4) is 0 Å². The van der Waals surface area contributed by atoms with E-state index in [1.807, 2.05) is 0 Å². The van der Waals surface area contributed by atoms with Gasteiger partial charge in [-0.15, -0.1) is 0 Å². The van der Waals surface area contributed by atoms with Gasteiger partial charge in [0, 0.05) is 17.7 Å². The first kappa shape index (κ1) is 16.9. The van der Waals surface area contributed by atoms with Crippen LogP contribution in [-0.4, -0.2) is 53.5 Å². The van der Waals surface area contributed by atoms with E-state index in [1.54, 1.807) is 30.3 Å². The number of hydrogen-bond donors (Lipinski definition) is 1. The van der Waals surface area contributed by atoms with E-state index in [0.29, 0.717) is 11.3 Å². The zero-order chi connectivity index (χ0) is 18.0. The number of benzene rings is 1. The van der Waals surface area contributed by atoms with E-state index in [0.717, 1.165) is 5.56 Å². The molecule has 1 atom stereocenters. The molecular weight excluding hydrogens is 326 g/mol. The van der Waals surface area contributed by atoms with Gasteiger partial charge >= 0.3 is 5.97 Å². The van der Waals surface area contributed by atoms with Crippen molar-refractivity contribution in [3.8, 4) is 11.3 Å². The van der Waals surface area contributed by atoms with Gasteiger partial charge in [-0.1, -0.05) is 24.3 Å². The number of morpholine rings is 1. The number of aliphatic carboxylic acids is 1. The molecule has 0 radical (unpaired) electrons. The van der Waals surface area contributed by atoms with Crippen LogP contribution in [0.15, 0.2) is 40.8 Å². The van der Waals surface area contributed by atoms with Gasteiger partial charge < -0.3 is 19.2 Å². The van der Waals surface area contributed by atoms with Crippen LogP contribution >= 0.6 is 0 Å². The number of Topliss-reactive ketones (excluding diaryl/α,β-unsaturated/α-hetero) is 1. The topological polar surface area (TPSA) is 97.0 Å². The highest BCUT2D eigenvalue weighted by molar-refractivity contribution is 5.95. The number of rotatable bonds is 4. The Hall–Kier alpha value is -2.93. The lowest BCUT2D eigenvalue weighted by Crippen LogP contribution is -2.52. The molecule has 7 heteroatoms. The Labute approximate surface area is 143 Å². The average Bonchev–Trinajstić information content (AvgIpc) is 3.11. The van der Waals surface area contributed by atoms with Crippen molar-refractivity contribution < 1.29 is 28.6 Å². The predicted octanol–water partition coefficient (Wildman–Crippen LogP) is 2.07. The number of furan rings is 1. The van der Waals surface area contributed by atoms with Gasteiger partial charge in [0.15, 0.2) is 17.6 Å². The minimum atomic E-state index is -1.11. The molecule has 0 aliphatic carbocycles. The van der Waals surface area contributed by atoms with Crippen LogP contribution in [0.1, 0.15) is 27.8 Å². The van der Waals surface area contributed by atoms with Gasteiger partial charge in [0.1, 0.15) is 5.76 Å². The van der Waals surface area contributed by atoms with Crippen LogP contribution < -0.4 is 0 Å². The normalized spacial score (nSPS) is 17.3. The fourth-order valence-corrected chi connectivity index (χ4v) is 2.67. The summed E-state index contributed by atoms with van der Waals surface area (Å²) in [6.45, 7) is 1.93. The van der Waals surface area contributed by atoms with Crippen LogP contribution in [0.5, 0.6) is 0 Å². The molecule has 1 N–H and O–H groups in total. The first-order valence-electron chi connectivity index (χ1n) is 7.80. The molecule has 3 rings (SSSR count). The average molecular weight is 343 g/mol. The summed E-state index contributed by atoms with van der Waals surface area (Å²) in [4.78, 5) is 36.4. The van der Waals surface area contributed by atoms with Crippen molar-refractivity contribution in [1.29, 1.82) is 0 Å². The highest BCUT2D eigenvalue weighted by atomic mass is 16.5. The minimum Gasteiger partial charge on any atom is -0.480 e. The van der Waals surface area contributed by atoms with E-state index in [1.165, 1.54) is 17.9 Å². The fourth-order valence-electron chi connectivity index (χ4n) is 2.67. The summed E-state index contributed by atoms with van der Waals surface area (Å²) in [6.07, 6.45) is 0. The van der Waals surface area contributed by atoms with Crippen LogP contribution in [0.2, 0.25) is 0 Å². The number of carbonyl (C=O) groups excluding carboxylic acids is 2. The number of ketones is 1. The predicted molar refractivity (Wildman–Crippen MR) is 87.4 cm³/mol. The Morgan fingerprint density at radius 2 is 1.84 bits per heavy atom. The molecule has 1 aliphatic heterocycles. The molecule has 130 valence electrons. The van der Waals surface area contributed by atoms with Gasteiger partial charge in [-0.2, -0.15) is 0 Å². The largest absolute Gasteiger partial charge is 0.480 e. The molecule has 1 saturated heterocycles. The van der Waals surface area contributed by atoms with Gasteiger partial charge in [0.2, 0.25) is 0 Å². The monoisotopic (exact) mass is 343 g/mol. The first-order valence-corrected chi connectivity index (χ1v) is 7.80. The summed E-state index contributed by atoms with van der Waals surface area (Å²) in [5.41, 5.74) is 1.31. The number of carboxylic acid groups (broad SMARTS) is 1. The Balaban J connectivity index is 1.81. The van der Waals surface area contributed by atoms with E-state index in [9.17, 15) is 19.5 Å². The third kappa shape index (κ3) is 3.46. The minimum absolute atomic E-state index is 0.0334. The third-order valence-electron chi connectivity index (χ3n) is 4.07. The van der Waals surface area contributed by atoms with Crippen molar-refractivity contribution >= 4 is 17.7 Å². The molecule has 1 unspecified atom stereocenters. The lowest BCUT2D eigenvalue weighted by Gasteiger charge is -2.32. The molecule has 0 bridgehead atoms. The maximum atomic E-state index is 12.6. The first-order chi connectivity index (χ1) is 12.0. The molecule has 1 aromatic heterocycles. The maximum absolute atomic E-state index is 12.6. The number of ether oxygens (including phenoxy) is 1. The van der Waals surface area contributed by atoms with Crippen molar-refractivity contribution in [3.63, 3.8) is 0 Å². The van der Waals surface area contributed by atoms with Crippen LogP contribution in [0.25, 0.3) is 11.3 Å². The number of nitrogens with zero attached hydrogens (tertiary/aromatic N) is 1. The van der Waals surface area contributed by atoms with Crippen LogP contribution in [0.4, 0.5) is 0 Å². The second kappa shape index (κ2) is 6.90. The van der Waals surface area contributed by atoms with Crippen LogP contribution in [-0.2, 0) is 9.53 Å². The maximum Gasteiger partial charge on any atom is 0.328 e. The SMILES string of the molecule is CC(=O)c1ccc(-c2ccc(C(=O)N3CCOCC3C(=O)O)o2)cc1. The fraction of sp³-hybridized carbons (Fsp3) is 0.278. The van der Waals surface area contributed by atoms with Gasteiger partial charge in [-0.05, 0) is 19.1 Å². The summed E-state index contributed by atoms with van der Waals surface area (Å²) in [6, 6.07) is 8.98. The lowest BCUT2D eigenvalue weighted by atomic mass is 10.1. The number of amides is 1. The Morgan fingerprint density at radius 1 is 1.12 bits per heavy atom. The van der Waals surface area contributed by atoms with Crippen molar-refractivity contribution in [2.45, 2.75) is 13.0 Å². The smallest absolute Gasteiger partial charge is 0.328 e. The molecule has 0 saturated carbocycles. The summed E-state index contributed by atoms with van der Waals surface area (Å²) in [7, 11) is 0. The van der Waals surface area contributed by atoms with Crippen molar-refractivity contribution in [3.05, 3.63) is 47.7 Å². The molecule has 1 aromatic carbocycles. The Morgan fingerprint density at radius 3 is 2.48 bits per heavy atom. The number of carboxylic acids is 1. The summed E-state index contributed by atoms with van der Waals surface area (Å²) >= 11 is 0. The standard InChI is InChI=1S/C18H17NO6/c1-11(20)12-2-4-13(5-3-12)15-6-7-16(25-15)17(21)19-8-9-24-10-14(19)18(22)23/h2-7,14H,8-10H2,1H3,(H,22,23).